The Balaban J connectivity index is 1.45. The Morgan fingerprint density at radius 3 is 2.77 bits per heavy atom. The fraction of sp³-hybridized carbons (Fsp3) is 0.222. The van der Waals surface area contributed by atoms with Gasteiger partial charge >= 0.3 is 0 Å². The first kappa shape index (κ1) is 18.4. The van der Waals surface area contributed by atoms with Gasteiger partial charge in [0.15, 0.2) is 5.11 Å². The van der Waals surface area contributed by atoms with E-state index < -0.39 is 0 Å². The number of hydrogen-bond acceptors (Lipinski definition) is 3. The van der Waals surface area contributed by atoms with Gasteiger partial charge in [-0.05, 0) is 60.1 Å². The maximum atomic E-state index is 12.9. The van der Waals surface area contributed by atoms with Crippen molar-refractivity contribution in [1.29, 1.82) is 0 Å². The van der Waals surface area contributed by atoms with Crippen molar-refractivity contribution in [2.24, 2.45) is 5.92 Å². The monoisotopic (exact) mass is 393 g/mol. The predicted molar refractivity (Wildman–Crippen MR) is 101 cm³/mol. The van der Waals surface area contributed by atoms with E-state index in [1.54, 1.807) is 30.3 Å². The molecule has 8 heteroatoms. The number of hydrogen-bond donors (Lipinski definition) is 3. The summed E-state index contributed by atoms with van der Waals surface area (Å²) in [6, 6.07) is 11.4. The first-order valence-corrected chi connectivity index (χ1v) is 8.79. The van der Waals surface area contributed by atoms with Crippen LogP contribution < -0.4 is 20.9 Å². The van der Waals surface area contributed by atoms with Crippen LogP contribution in [0, 0.1) is 11.7 Å². The number of hydrazine groups is 1. The van der Waals surface area contributed by atoms with E-state index in [0.717, 1.165) is 16.9 Å². The highest BCUT2D eigenvalue weighted by atomic mass is 35.5. The highest BCUT2D eigenvalue weighted by molar-refractivity contribution is 7.80. The van der Waals surface area contributed by atoms with Gasteiger partial charge in [-0.1, -0.05) is 23.7 Å². The van der Waals surface area contributed by atoms with E-state index >= 15 is 0 Å². The summed E-state index contributed by atoms with van der Waals surface area (Å²) < 4.78 is 18.5. The van der Waals surface area contributed by atoms with Crippen LogP contribution in [0.15, 0.2) is 42.5 Å². The van der Waals surface area contributed by atoms with Gasteiger partial charge in [0.2, 0.25) is 5.91 Å². The van der Waals surface area contributed by atoms with Crippen molar-refractivity contribution in [3.8, 4) is 5.75 Å². The molecule has 5 nitrogen and oxygen atoms in total. The zero-order valence-corrected chi connectivity index (χ0v) is 15.3. The Morgan fingerprint density at radius 2 is 2.00 bits per heavy atom. The van der Waals surface area contributed by atoms with Crippen molar-refractivity contribution >= 4 is 34.8 Å². The van der Waals surface area contributed by atoms with Crippen LogP contribution in [0.5, 0.6) is 5.75 Å². The summed E-state index contributed by atoms with van der Waals surface area (Å²) in [5.41, 5.74) is 7.01. The summed E-state index contributed by atoms with van der Waals surface area (Å²) in [7, 11) is 0. The van der Waals surface area contributed by atoms with Crippen LogP contribution >= 0.6 is 23.8 Å². The Bertz CT molecular complexity index is 817. The molecule has 1 heterocycles. The molecule has 1 aliphatic rings. The Morgan fingerprint density at radius 1 is 1.23 bits per heavy atom. The second-order valence-corrected chi connectivity index (χ2v) is 6.73. The third kappa shape index (κ3) is 4.83. The minimum Gasteiger partial charge on any atom is -0.492 e. The molecule has 2 aromatic rings. The molecule has 1 atom stereocenters. The zero-order chi connectivity index (χ0) is 18.5. The van der Waals surface area contributed by atoms with Gasteiger partial charge in [-0.15, -0.1) is 0 Å². The highest BCUT2D eigenvalue weighted by Gasteiger charge is 2.26. The second-order valence-electron chi connectivity index (χ2n) is 5.89. The SMILES string of the molecule is O=C(NNC(=S)NCc1ccc(F)cc1)[C@H]1COc2ccc(Cl)cc2C1. The summed E-state index contributed by atoms with van der Waals surface area (Å²) >= 11 is 11.1. The van der Waals surface area contributed by atoms with Crippen LogP contribution in [-0.2, 0) is 17.8 Å². The summed E-state index contributed by atoms with van der Waals surface area (Å²) in [6.45, 7) is 0.707. The molecular weight excluding hydrogens is 377 g/mol. The largest absolute Gasteiger partial charge is 0.492 e. The number of benzene rings is 2. The van der Waals surface area contributed by atoms with E-state index in [0.29, 0.717) is 18.0 Å². The summed E-state index contributed by atoms with van der Waals surface area (Å²) in [4.78, 5) is 12.3. The van der Waals surface area contributed by atoms with Crippen LogP contribution in [-0.4, -0.2) is 17.6 Å². The first-order chi connectivity index (χ1) is 12.5. The van der Waals surface area contributed by atoms with Crippen LogP contribution in [0.1, 0.15) is 11.1 Å². The standard InChI is InChI=1S/C18H17ClFN3O2S/c19-14-3-6-16-12(8-14)7-13(10-25-16)17(24)22-23-18(26)21-9-11-1-4-15(20)5-2-11/h1-6,8,13H,7,9-10H2,(H,22,24)(H2,21,23,26)/t13-/m1/s1. The number of rotatable bonds is 3. The van der Waals surface area contributed by atoms with Crippen molar-refractivity contribution < 1.29 is 13.9 Å². The number of carbonyl (C=O) groups is 1. The molecule has 1 aliphatic heterocycles. The molecule has 1 amide bonds. The molecule has 26 heavy (non-hydrogen) atoms. The van der Waals surface area contributed by atoms with E-state index in [2.05, 4.69) is 16.2 Å². The average molecular weight is 394 g/mol. The molecular formula is C18H17ClFN3O2S. The van der Waals surface area contributed by atoms with Crippen molar-refractivity contribution in [2.75, 3.05) is 6.61 Å². The average Bonchev–Trinajstić information content (AvgIpc) is 2.65. The van der Waals surface area contributed by atoms with Gasteiger partial charge < -0.3 is 10.1 Å². The molecule has 0 aliphatic carbocycles. The fourth-order valence-electron chi connectivity index (χ4n) is 2.58. The van der Waals surface area contributed by atoms with E-state index in [9.17, 15) is 9.18 Å². The van der Waals surface area contributed by atoms with Gasteiger partial charge in [0.1, 0.15) is 18.2 Å². The van der Waals surface area contributed by atoms with Crippen molar-refractivity contribution in [1.82, 2.24) is 16.2 Å². The zero-order valence-electron chi connectivity index (χ0n) is 13.7. The van der Waals surface area contributed by atoms with Crippen LogP contribution in [0.25, 0.3) is 0 Å². The number of carbonyl (C=O) groups excluding carboxylic acids is 1. The minimum atomic E-state index is -0.339. The maximum Gasteiger partial charge on any atom is 0.245 e. The molecule has 0 radical (unpaired) electrons. The number of nitrogens with one attached hydrogen (secondary N) is 3. The Hall–Kier alpha value is -2.38. The fourth-order valence-corrected chi connectivity index (χ4v) is 2.90. The Kier molecular flexibility index (Phi) is 5.90. The van der Waals surface area contributed by atoms with Gasteiger partial charge in [-0.2, -0.15) is 0 Å². The number of halogens is 2. The summed E-state index contributed by atoms with van der Waals surface area (Å²) in [5, 5.41) is 3.81. The molecule has 136 valence electrons. The smallest absolute Gasteiger partial charge is 0.245 e. The lowest BCUT2D eigenvalue weighted by atomic mass is 9.96. The molecule has 0 aromatic heterocycles. The van der Waals surface area contributed by atoms with Crippen LogP contribution in [0.4, 0.5) is 4.39 Å². The van der Waals surface area contributed by atoms with Crippen molar-refractivity contribution in [3.63, 3.8) is 0 Å². The van der Waals surface area contributed by atoms with Crippen molar-refractivity contribution in [2.45, 2.75) is 13.0 Å². The highest BCUT2D eigenvalue weighted by Crippen LogP contribution is 2.29. The number of thiocarbonyl (C=S) groups is 1. The van der Waals surface area contributed by atoms with Crippen LogP contribution in [0.3, 0.4) is 0 Å². The molecule has 0 fully saturated rings. The molecule has 0 unspecified atom stereocenters. The third-order valence-electron chi connectivity index (χ3n) is 3.97. The number of fused-ring (bicyclic) bond motifs is 1. The quantitative estimate of drug-likeness (QED) is 0.553. The minimum absolute atomic E-state index is 0.221. The molecule has 3 N–H and O–H groups in total. The van der Waals surface area contributed by atoms with E-state index in [1.165, 1.54) is 12.1 Å². The first-order valence-electron chi connectivity index (χ1n) is 8.00. The normalized spacial score (nSPS) is 15.4. The topological polar surface area (TPSA) is 62.4 Å². The van der Waals surface area contributed by atoms with Crippen molar-refractivity contribution in [3.05, 3.63) is 64.4 Å². The molecule has 2 aromatic carbocycles. The van der Waals surface area contributed by atoms with Gasteiger partial charge in [-0.25, -0.2) is 4.39 Å². The number of amides is 1. The molecule has 0 spiro atoms. The van der Waals surface area contributed by atoms with E-state index in [4.69, 9.17) is 28.6 Å². The molecule has 0 saturated carbocycles. The van der Waals surface area contributed by atoms with E-state index in [-0.39, 0.29) is 29.4 Å². The molecule has 3 rings (SSSR count). The predicted octanol–water partition coefficient (Wildman–Crippen LogP) is 2.73. The molecule has 0 bridgehead atoms. The maximum absolute atomic E-state index is 12.9. The van der Waals surface area contributed by atoms with Gasteiger partial charge in [0, 0.05) is 11.6 Å². The van der Waals surface area contributed by atoms with Gasteiger partial charge in [-0.3, -0.25) is 15.6 Å². The lowest BCUT2D eigenvalue weighted by Gasteiger charge is -2.25. The second kappa shape index (κ2) is 8.33. The lowest BCUT2D eigenvalue weighted by molar-refractivity contribution is -0.126. The summed E-state index contributed by atoms with van der Waals surface area (Å²) in [5.74, 6) is -0.0999. The number of ether oxygens (including phenoxy) is 1. The third-order valence-corrected chi connectivity index (χ3v) is 4.45. The van der Waals surface area contributed by atoms with E-state index in [1.807, 2.05) is 0 Å². The Labute approximate surface area is 160 Å². The van der Waals surface area contributed by atoms with Gasteiger partial charge in [0.05, 0.1) is 5.92 Å². The summed E-state index contributed by atoms with van der Waals surface area (Å²) in [6.07, 6.45) is 0.541. The van der Waals surface area contributed by atoms with Gasteiger partial charge in [0.25, 0.3) is 0 Å². The molecule has 0 saturated heterocycles. The van der Waals surface area contributed by atoms with Crippen LogP contribution in [0.2, 0.25) is 5.02 Å². The lowest BCUT2D eigenvalue weighted by Crippen LogP contribution is -2.50.